The minimum Gasteiger partial charge on any atom is -0.452 e. The number of esters is 1. The van der Waals surface area contributed by atoms with Crippen LogP contribution in [0.1, 0.15) is 56.5 Å². The molecule has 0 bridgehead atoms. The summed E-state index contributed by atoms with van der Waals surface area (Å²) in [5, 5.41) is 5.20. The molecule has 0 aliphatic carbocycles. The van der Waals surface area contributed by atoms with Gasteiger partial charge in [-0.1, -0.05) is 30.3 Å². The lowest BCUT2D eigenvalue weighted by Gasteiger charge is -2.22. The van der Waals surface area contributed by atoms with Gasteiger partial charge in [0.25, 0.3) is 17.7 Å². The second-order valence-corrected chi connectivity index (χ2v) is 8.21. The molecule has 0 unspecified atom stereocenters. The molecule has 1 heterocycles. The number of amides is 4. The molecule has 1 atom stereocenters. The molecule has 1 aliphatic heterocycles. The van der Waals surface area contributed by atoms with Crippen LogP contribution in [0.2, 0.25) is 0 Å². The van der Waals surface area contributed by atoms with Crippen molar-refractivity contribution in [2.24, 2.45) is 0 Å². The third-order valence-corrected chi connectivity index (χ3v) is 5.65. The van der Waals surface area contributed by atoms with Crippen LogP contribution in [0.3, 0.4) is 0 Å². The van der Waals surface area contributed by atoms with Crippen molar-refractivity contribution in [3.05, 3.63) is 95.1 Å². The lowest BCUT2D eigenvalue weighted by Crippen LogP contribution is -2.32. The van der Waals surface area contributed by atoms with E-state index in [0.717, 1.165) is 5.56 Å². The predicted octanol–water partition coefficient (Wildman–Crippen LogP) is 3.80. The van der Waals surface area contributed by atoms with E-state index in [9.17, 15) is 24.0 Å². The van der Waals surface area contributed by atoms with Gasteiger partial charge in [0.15, 0.2) is 6.61 Å². The Morgan fingerprint density at radius 3 is 2.08 bits per heavy atom. The Kier molecular flexibility index (Phi) is 6.91. The number of imide groups is 1. The molecule has 2 N–H and O–H groups in total. The molecule has 0 saturated heterocycles. The van der Waals surface area contributed by atoms with E-state index in [1.807, 2.05) is 30.3 Å². The van der Waals surface area contributed by atoms with Crippen molar-refractivity contribution < 1.29 is 28.7 Å². The Labute approximate surface area is 207 Å². The fraction of sp³-hybridized carbons (Fsp3) is 0.148. The highest BCUT2D eigenvalue weighted by molar-refractivity contribution is 6.22. The lowest BCUT2D eigenvalue weighted by molar-refractivity contribution is -0.119. The average Bonchev–Trinajstić information content (AvgIpc) is 3.12. The van der Waals surface area contributed by atoms with Crippen LogP contribution in [0.15, 0.2) is 72.8 Å². The summed E-state index contributed by atoms with van der Waals surface area (Å²) in [4.78, 5) is 62.8. The molecular weight excluding hydrogens is 462 g/mol. The van der Waals surface area contributed by atoms with Crippen LogP contribution in [-0.2, 0) is 14.3 Å². The van der Waals surface area contributed by atoms with Crippen molar-refractivity contribution in [2.75, 3.05) is 17.2 Å². The zero-order chi connectivity index (χ0) is 25.8. The van der Waals surface area contributed by atoms with Gasteiger partial charge in [-0.15, -0.1) is 0 Å². The van der Waals surface area contributed by atoms with Gasteiger partial charge in [0.1, 0.15) is 0 Å². The van der Waals surface area contributed by atoms with Gasteiger partial charge in [0.2, 0.25) is 5.91 Å². The number of nitrogens with zero attached hydrogens (tertiary/aromatic N) is 1. The maximum Gasteiger partial charge on any atom is 0.338 e. The fourth-order valence-corrected chi connectivity index (χ4v) is 3.87. The van der Waals surface area contributed by atoms with Gasteiger partial charge in [-0.25, -0.2) is 4.79 Å². The molecule has 0 aromatic heterocycles. The minimum atomic E-state index is -0.802. The van der Waals surface area contributed by atoms with E-state index in [0.29, 0.717) is 11.4 Å². The van der Waals surface area contributed by atoms with Crippen LogP contribution in [0.25, 0.3) is 0 Å². The number of carbonyl (C=O) groups is 5. The molecule has 4 rings (SSSR count). The standard InChI is InChI=1S/C27H23N3O6/c1-16(18-6-4-3-5-7-18)30-25(33)22-13-8-19(14-23(22)26(30)34)27(35)36-15-24(32)29-21-11-9-20(10-12-21)28-17(2)31/h3-14,16H,15H2,1-2H3,(H,28,31)(H,29,32)/t16-/m1/s1. The first-order valence-corrected chi connectivity index (χ1v) is 11.2. The topological polar surface area (TPSA) is 122 Å². The number of nitrogens with one attached hydrogen (secondary N) is 2. The van der Waals surface area contributed by atoms with Crippen molar-refractivity contribution in [3.63, 3.8) is 0 Å². The largest absolute Gasteiger partial charge is 0.452 e. The van der Waals surface area contributed by atoms with Gasteiger partial charge in [0.05, 0.1) is 22.7 Å². The maximum absolute atomic E-state index is 13.0. The third kappa shape index (κ3) is 5.15. The predicted molar refractivity (Wildman–Crippen MR) is 131 cm³/mol. The Morgan fingerprint density at radius 1 is 0.833 bits per heavy atom. The average molecular weight is 485 g/mol. The number of ether oxygens (including phenoxy) is 1. The van der Waals surface area contributed by atoms with Crippen LogP contribution >= 0.6 is 0 Å². The number of rotatable bonds is 7. The molecule has 0 fully saturated rings. The number of anilines is 2. The van der Waals surface area contributed by atoms with Gasteiger partial charge in [-0.3, -0.25) is 24.1 Å². The van der Waals surface area contributed by atoms with E-state index >= 15 is 0 Å². The molecule has 3 aromatic carbocycles. The quantitative estimate of drug-likeness (QED) is 0.388. The molecule has 36 heavy (non-hydrogen) atoms. The first-order valence-electron chi connectivity index (χ1n) is 11.2. The smallest absolute Gasteiger partial charge is 0.338 e. The zero-order valence-electron chi connectivity index (χ0n) is 19.6. The second-order valence-electron chi connectivity index (χ2n) is 8.21. The number of hydrogen-bond acceptors (Lipinski definition) is 6. The molecule has 0 radical (unpaired) electrons. The molecule has 3 aromatic rings. The summed E-state index contributed by atoms with van der Waals surface area (Å²) in [6, 6.07) is 19.2. The van der Waals surface area contributed by atoms with Gasteiger partial charge < -0.3 is 15.4 Å². The molecule has 182 valence electrons. The molecule has 9 heteroatoms. The first kappa shape index (κ1) is 24.3. The molecule has 0 spiro atoms. The van der Waals surface area contributed by atoms with E-state index < -0.39 is 36.3 Å². The summed E-state index contributed by atoms with van der Waals surface area (Å²) >= 11 is 0. The number of carbonyl (C=O) groups excluding carboxylic acids is 5. The lowest BCUT2D eigenvalue weighted by atomic mass is 10.1. The Balaban J connectivity index is 1.38. The summed E-state index contributed by atoms with van der Waals surface area (Å²) in [6.45, 7) is 2.60. The Morgan fingerprint density at radius 2 is 1.44 bits per heavy atom. The van der Waals surface area contributed by atoms with Crippen LogP contribution < -0.4 is 10.6 Å². The highest BCUT2D eigenvalue weighted by atomic mass is 16.5. The first-order chi connectivity index (χ1) is 17.2. The number of hydrogen-bond donors (Lipinski definition) is 2. The molecule has 4 amide bonds. The number of benzene rings is 3. The molecule has 0 saturated carbocycles. The van der Waals surface area contributed by atoms with Crippen molar-refractivity contribution in [1.29, 1.82) is 0 Å². The molecule has 1 aliphatic rings. The number of fused-ring (bicyclic) bond motifs is 1. The van der Waals surface area contributed by atoms with E-state index in [1.54, 1.807) is 31.2 Å². The van der Waals surface area contributed by atoms with Crippen molar-refractivity contribution in [1.82, 2.24) is 4.90 Å². The van der Waals surface area contributed by atoms with E-state index in [-0.39, 0.29) is 22.6 Å². The monoisotopic (exact) mass is 485 g/mol. The minimum absolute atomic E-state index is 0.0524. The molecule has 9 nitrogen and oxygen atoms in total. The summed E-state index contributed by atoms with van der Waals surface area (Å²) in [7, 11) is 0. The summed E-state index contributed by atoms with van der Waals surface area (Å²) in [5.74, 6) is -2.51. The fourth-order valence-electron chi connectivity index (χ4n) is 3.87. The van der Waals surface area contributed by atoms with Crippen LogP contribution in [0.4, 0.5) is 11.4 Å². The van der Waals surface area contributed by atoms with Crippen molar-refractivity contribution >= 4 is 41.0 Å². The van der Waals surface area contributed by atoms with Gasteiger partial charge in [0, 0.05) is 18.3 Å². The Bertz CT molecular complexity index is 1350. The van der Waals surface area contributed by atoms with Crippen LogP contribution in [0.5, 0.6) is 0 Å². The summed E-state index contributed by atoms with van der Waals surface area (Å²) in [5.41, 5.74) is 2.22. The van der Waals surface area contributed by atoms with Crippen molar-refractivity contribution in [3.8, 4) is 0 Å². The van der Waals surface area contributed by atoms with Gasteiger partial charge in [-0.05, 0) is 55.0 Å². The normalized spacial score (nSPS) is 13.1. The zero-order valence-corrected chi connectivity index (χ0v) is 19.6. The van der Waals surface area contributed by atoms with Gasteiger partial charge >= 0.3 is 5.97 Å². The third-order valence-electron chi connectivity index (χ3n) is 5.65. The second kappa shape index (κ2) is 10.2. The molecular formula is C27H23N3O6. The summed E-state index contributed by atoms with van der Waals surface area (Å²) in [6.07, 6.45) is 0. The Hall–Kier alpha value is -4.79. The summed E-state index contributed by atoms with van der Waals surface area (Å²) < 4.78 is 5.09. The highest BCUT2D eigenvalue weighted by Crippen LogP contribution is 2.31. The van der Waals surface area contributed by atoms with E-state index in [4.69, 9.17) is 4.74 Å². The van der Waals surface area contributed by atoms with E-state index in [2.05, 4.69) is 10.6 Å². The van der Waals surface area contributed by atoms with Crippen LogP contribution in [0, 0.1) is 0 Å². The SMILES string of the molecule is CC(=O)Nc1ccc(NC(=O)COC(=O)c2ccc3c(c2)C(=O)N([C@H](C)c2ccccc2)C3=O)cc1. The van der Waals surface area contributed by atoms with Gasteiger partial charge in [-0.2, -0.15) is 0 Å². The van der Waals surface area contributed by atoms with Crippen molar-refractivity contribution in [2.45, 2.75) is 19.9 Å². The van der Waals surface area contributed by atoms with E-state index in [1.165, 1.54) is 30.0 Å². The maximum atomic E-state index is 13.0. The highest BCUT2D eigenvalue weighted by Gasteiger charge is 2.39. The van der Waals surface area contributed by atoms with Crippen LogP contribution in [-0.4, -0.2) is 41.1 Å².